The zero-order valence-electron chi connectivity index (χ0n) is 35.9. The van der Waals surface area contributed by atoms with Gasteiger partial charge in [0.05, 0.1) is 11.3 Å². The standard InChI is InChI=1S/C56H50N4O/c1-36-35-58-50(34-47(36)40-25-23-39(24-26-40)37-17-11-8-12-18-37)43-30-41(38-19-13-9-14-20-38)29-42(31-43)46-27-28-57-54-51(46)59-53(60(54)45-21-15-10-16-22-45)48-32-44(55(2,3)4)33-49(52(48)61)56(5,6)7/h8-35,61H,1-7H3. The first-order chi connectivity index (χ1) is 29.3. The summed E-state index contributed by atoms with van der Waals surface area (Å²) >= 11 is 0. The molecule has 5 nitrogen and oxygen atoms in total. The number of aromatic nitrogens is 4. The Bertz CT molecular complexity index is 3030. The highest BCUT2D eigenvalue weighted by atomic mass is 16.3. The SMILES string of the molecule is Cc1cnc(-c2cc(-c3ccccc3)cc(-c3ccnc4c3nc(-c3cc(C(C)(C)C)cc(C(C)(C)C)c3O)n4-c3ccccc3)c2)cc1-c1ccc(-c2ccccc2)cc1. The van der Waals surface area contributed by atoms with Gasteiger partial charge in [-0.05, 0) is 116 Å². The highest BCUT2D eigenvalue weighted by Gasteiger charge is 2.29. The number of hydrogen-bond donors (Lipinski definition) is 1. The zero-order chi connectivity index (χ0) is 42.5. The van der Waals surface area contributed by atoms with Crippen LogP contribution in [0.25, 0.3) is 84.0 Å². The van der Waals surface area contributed by atoms with Gasteiger partial charge in [-0.1, -0.05) is 151 Å². The maximum atomic E-state index is 12.2. The molecule has 0 aliphatic heterocycles. The molecule has 0 unspecified atom stereocenters. The number of benzene rings is 6. The molecular weight excluding hydrogens is 745 g/mol. The highest BCUT2D eigenvalue weighted by molar-refractivity contribution is 5.96. The molecule has 0 spiro atoms. The molecule has 300 valence electrons. The third kappa shape index (κ3) is 7.64. The van der Waals surface area contributed by atoms with E-state index < -0.39 is 0 Å². The number of rotatable bonds is 7. The second-order valence-corrected chi connectivity index (χ2v) is 18.0. The summed E-state index contributed by atoms with van der Waals surface area (Å²) < 4.78 is 2.09. The van der Waals surface area contributed by atoms with Crippen LogP contribution in [-0.2, 0) is 10.8 Å². The third-order valence-electron chi connectivity index (χ3n) is 11.6. The average molecular weight is 795 g/mol. The molecule has 3 heterocycles. The molecule has 0 amide bonds. The molecule has 6 aromatic carbocycles. The molecule has 1 N–H and O–H groups in total. The molecule has 9 rings (SSSR count). The summed E-state index contributed by atoms with van der Waals surface area (Å²) in [6.45, 7) is 15.2. The molecule has 0 fully saturated rings. The number of nitrogens with zero attached hydrogens (tertiary/aromatic N) is 4. The van der Waals surface area contributed by atoms with Gasteiger partial charge in [0, 0.05) is 34.8 Å². The minimum absolute atomic E-state index is 0.167. The minimum atomic E-state index is -0.309. The predicted molar refractivity (Wildman–Crippen MR) is 253 cm³/mol. The van der Waals surface area contributed by atoms with E-state index in [1.165, 1.54) is 11.1 Å². The molecule has 3 aromatic heterocycles. The van der Waals surface area contributed by atoms with Crippen LogP contribution in [-0.4, -0.2) is 24.6 Å². The summed E-state index contributed by atoms with van der Waals surface area (Å²) in [6.07, 6.45) is 3.85. The van der Waals surface area contributed by atoms with Crippen molar-refractivity contribution in [3.8, 4) is 78.6 Å². The lowest BCUT2D eigenvalue weighted by atomic mass is 9.79. The van der Waals surface area contributed by atoms with Gasteiger partial charge in [0.2, 0.25) is 0 Å². The second kappa shape index (κ2) is 15.5. The zero-order valence-corrected chi connectivity index (χ0v) is 35.9. The Hall–Kier alpha value is -7.11. The summed E-state index contributed by atoms with van der Waals surface area (Å²) in [5.41, 5.74) is 16.3. The molecule has 0 saturated carbocycles. The number of fused-ring (bicyclic) bond motifs is 1. The van der Waals surface area contributed by atoms with Gasteiger partial charge in [-0.25, -0.2) is 9.97 Å². The van der Waals surface area contributed by atoms with E-state index in [0.717, 1.165) is 72.5 Å². The fourth-order valence-corrected chi connectivity index (χ4v) is 8.21. The van der Waals surface area contributed by atoms with Crippen LogP contribution in [0.4, 0.5) is 0 Å². The maximum Gasteiger partial charge on any atom is 0.165 e. The Labute approximate surface area is 359 Å². The normalized spacial score (nSPS) is 11.9. The average Bonchev–Trinajstić information content (AvgIpc) is 3.66. The maximum absolute atomic E-state index is 12.2. The van der Waals surface area contributed by atoms with Gasteiger partial charge < -0.3 is 5.11 Å². The van der Waals surface area contributed by atoms with Crippen molar-refractivity contribution >= 4 is 11.2 Å². The van der Waals surface area contributed by atoms with E-state index >= 15 is 0 Å². The summed E-state index contributed by atoms with van der Waals surface area (Å²) in [6, 6.07) is 55.2. The summed E-state index contributed by atoms with van der Waals surface area (Å²) in [7, 11) is 0. The van der Waals surface area contributed by atoms with Gasteiger partial charge in [0.15, 0.2) is 11.5 Å². The third-order valence-corrected chi connectivity index (χ3v) is 11.6. The minimum Gasteiger partial charge on any atom is -0.507 e. The van der Waals surface area contributed by atoms with Gasteiger partial charge in [-0.2, -0.15) is 0 Å². The quantitative estimate of drug-likeness (QED) is 0.175. The van der Waals surface area contributed by atoms with E-state index in [2.05, 4.69) is 180 Å². The topological polar surface area (TPSA) is 63.8 Å². The summed E-state index contributed by atoms with van der Waals surface area (Å²) in [4.78, 5) is 15.5. The predicted octanol–water partition coefficient (Wildman–Crippen LogP) is 14.4. The number of hydrogen-bond acceptors (Lipinski definition) is 4. The molecule has 0 atom stereocenters. The van der Waals surface area contributed by atoms with Crippen molar-refractivity contribution in [2.24, 2.45) is 0 Å². The Morgan fingerprint density at radius 1 is 0.492 bits per heavy atom. The smallest absolute Gasteiger partial charge is 0.165 e. The molecule has 0 radical (unpaired) electrons. The van der Waals surface area contributed by atoms with Crippen molar-refractivity contribution in [3.05, 3.63) is 187 Å². The Kier molecular flexibility index (Phi) is 9.99. The lowest BCUT2D eigenvalue weighted by molar-refractivity contribution is 0.446. The number of pyridine rings is 2. The molecule has 9 aromatic rings. The van der Waals surface area contributed by atoms with Crippen LogP contribution >= 0.6 is 0 Å². The van der Waals surface area contributed by atoms with Crippen LogP contribution in [0, 0.1) is 6.92 Å². The van der Waals surface area contributed by atoms with Crippen molar-refractivity contribution < 1.29 is 5.11 Å². The van der Waals surface area contributed by atoms with E-state index in [9.17, 15) is 5.11 Å². The van der Waals surface area contributed by atoms with Crippen LogP contribution in [0.1, 0.15) is 58.2 Å². The molecule has 0 saturated heterocycles. The number of imidazole rings is 1. The van der Waals surface area contributed by atoms with Crippen LogP contribution in [0.3, 0.4) is 0 Å². The van der Waals surface area contributed by atoms with Crippen molar-refractivity contribution in [3.63, 3.8) is 0 Å². The Morgan fingerprint density at radius 3 is 1.70 bits per heavy atom. The fourth-order valence-electron chi connectivity index (χ4n) is 8.21. The fraction of sp³-hybridized carbons (Fsp3) is 0.161. The van der Waals surface area contributed by atoms with Crippen LogP contribution in [0.15, 0.2) is 170 Å². The van der Waals surface area contributed by atoms with E-state index in [-0.39, 0.29) is 16.6 Å². The molecule has 5 heteroatoms. The largest absolute Gasteiger partial charge is 0.507 e. The van der Waals surface area contributed by atoms with Gasteiger partial charge in [-0.15, -0.1) is 0 Å². The summed E-state index contributed by atoms with van der Waals surface area (Å²) in [5, 5.41) is 12.2. The van der Waals surface area contributed by atoms with Crippen molar-refractivity contribution in [2.45, 2.75) is 59.3 Å². The number of phenolic OH excluding ortho intramolecular Hbond substituents is 1. The number of phenols is 1. The monoisotopic (exact) mass is 794 g/mol. The van der Waals surface area contributed by atoms with Crippen molar-refractivity contribution in [1.82, 2.24) is 19.5 Å². The van der Waals surface area contributed by atoms with E-state index in [0.29, 0.717) is 17.0 Å². The number of aryl methyl sites for hydroxylation is 1. The van der Waals surface area contributed by atoms with Gasteiger partial charge in [-0.3, -0.25) is 9.55 Å². The molecule has 61 heavy (non-hydrogen) atoms. The molecular formula is C56H50N4O. The van der Waals surface area contributed by atoms with E-state index in [1.54, 1.807) is 0 Å². The van der Waals surface area contributed by atoms with Crippen molar-refractivity contribution in [2.75, 3.05) is 0 Å². The second-order valence-electron chi connectivity index (χ2n) is 18.0. The van der Waals surface area contributed by atoms with Crippen LogP contribution < -0.4 is 0 Å². The van der Waals surface area contributed by atoms with Gasteiger partial charge >= 0.3 is 0 Å². The first-order valence-electron chi connectivity index (χ1n) is 21.0. The Morgan fingerprint density at radius 2 is 1.07 bits per heavy atom. The number of aromatic hydroxyl groups is 1. The summed E-state index contributed by atoms with van der Waals surface area (Å²) in [5.74, 6) is 0.872. The van der Waals surface area contributed by atoms with Crippen molar-refractivity contribution in [1.29, 1.82) is 0 Å². The van der Waals surface area contributed by atoms with E-state index in [4.69, 9.17) is 15.0 Å². The molecule has 0 aliphatic rings. The van der Waals surface area contributed by atoms with Gasteiger partial charge in [0.1, 0.15) is 11.3 Å². The lowest BCUT2D eigenvalue weighted by Crippen LogP contribution is -2.17. The van der Waals surface area contributed by atoms with Gasteiger partial charge in [0.25, 0.3) is 0 Å². The van der Waals surface area contributed by atoms with E-state index in [1.807, 2.05) is 42.7 Å². The molecule has 0 aliphatic carbocycles. The molecule has 0 bridgehead atoms. The first kappa shape index (κ1) is 39.4. The van der Waals surface area contributed by atoms with Crippen LogP contribution in [0.5, 0.6) is 5.75 Å². The number of para-hydroxylation sites is 1. The Balaban J connectivity index is 1.25. The lowest BCUT2D eigenvalue weighted by Gasteiger charge is -2.27. The first-order valence-corrected chi connectivity index (χ1v) is 21.0. The van der Waals surface area contributed by atoms with Crippen LogP contribution in [0.2, 0.25) is 0 Å². The highest BCUT2D eigenvalue weighted by Crippen LogP contribution is 2.44.